The molecule has 0 atom stereocenters. The lowest BCUT2D eigenvalue weighted by Gasteiger charge is -2.03. The number of rotatable bonds is 5. The van der Waals surface area contributed by atoms with Gasteiger partial charge in [-0.25, -0.2) is 0 Å². The van der Waals surface area contributed by atoms with E-state index in [1.807, 2.05) is 5.32 Å². The largest absolute Gasteiger partial charge is 0.545 e. The SMILES string of the molecule is O=C([O-])c1ccc(C[NH2+]CCO)cc1. The third kappa shape index (κ3) is 3.16. The lowest BCUT2D eigenvalue weighted by molar-refractivity contribution is -0.671. The second-order valence-electron chi connectivity index (χ2n) is 2.99. The number of quaternary nitrogens is 1. The van der Waals surface area contributed by atoms with E-state index in [1.54, 1.807) is 12.1 Å². The molecule has 0 unspecified atom stereocenters. The van der Waals surface area contributed by atoms with Gasteiger partial charge in [0.05, 0.1) is 19.1 Å². The molecule has 1 aromatic carbocycles. The van der Waals surface area contributed by atoms with Crippen LogP contribution in [0.2, 0.25) is 0 Å². The van der Waals surface area contributed by atoms with Crippen LogP contribution in [0.4, 0.5) is 0 Å². The fourth-order valence-electron chi connectivity index (χ4n) is 1.14. The Hall–Kier alpha value is -1.39. The molecule has 0 aliphatic heterocycles. The summed E-state index contributed by atoms with van der Waals surface area (Å²) in [5.74, 6) is -1.16. The molecule has 0 aromatic heterocycles. The van der Waals surface area contributed by atoms with Crippen molar-refractivity contribution in [2.24, 2.45) is 0 Å². The van der Waals surface area contributed by atoms with Gasteiger partial charge in [0.25, 0.3) is 0 Å². The minimum absolute atomic E-state index is 0.150. The minimum Gasteiger partial charge on any atom is -0.545 e. The average Bonchev–Trinajstić information content (AvgIpc) is 2.19. The van der Waals surface area contributed by atoms with E-state index in [4.69, 9.17) is 5.11 Å². The van der Waals surface area contributed by atoms with Crippen molar-refractivity contribution in [2.75, 3.05) is 13.2 Å². The second-order valence-corrected chi connectivity index (χ2v) is 2.99. The summed E-state index contributed by atoms with van der Waals surface area (Å²) in [7, 11) is 0. The third-order valence-corrected chi connectivity index (χ3v) is 1.90. The quantitative estimate of drug-likeness (QED) is 0.539. The number of hydrogen-bond acceptors (Lipinski definition) is 3. The highest BCUT2D eigenvalue weighted by atomic mass is 16.4. The molecule has 14 heavy (non-hydrogen) atoms. The number of aliphatic hydroxyl groups is 1. The molecule has 0 bridgehead atoms. The first kappa shape index (κ1) is 10.7. The summed E-state index contributed by atoms with van der Waals surface area (Å²) in [6.07, 6.45) is 0. The number of hydrogen-bond donors (Lipinski definition) is 2. The molecule has 0 saturated carbocycles. The lowest BCUT2D eigenvalue weighted by Crippen LogP contribution is -2.83. The number of carboxylic acid groups (broad SMARTS) is 1. The summed E-state index contributed by atoms with van der Waals surface area (Å²) >= 11 is 0. The third-order valence-electron chi connectivity index (χ3n) is 1.90. The Bertz CT molecular complexity index is 295. The number of carbonyl (C=O) groups excluding carboxylic acids is 1. The van der Waals surface area contributed by atoms with Crippen molar-refractivity contribution in [1.29, 1.82) is 0 Å². The van der Waals surface area contributed by atoms with Gasteiger partial charge >= 0.3 is 0 Å². The maximum Gasteiger partial charge on any atom is 0.101 e. The van der Waals surface area contributed by atoms with Gasteiger partial charge in [-0.05, 0) is 5.56 Å². The Morgan fingerprint density at radius 3 is 2.50 bits per heavy atom. The van der Waals surface area contributed by atoms with E-state index in [1.165, 1.54) is 12.1 Å². The Kier molecular flexibility index (Phi) is 4.10. The van der Waals surface area contributed by atoms with E-state index in [2.05, 4.69) is 0 Å². The summed E-state index contributed by atoms with van der Waals surface area (Å²) in [5.41, 5.74) is 1.22. The van der Waals surface area contributed by atoms with Gasteiger partial charge in [-0.3, -0.25) is 0 Å². The maximum atomic E-state index is 10.4. The molecule has 4 nitrogen and oxygen atoms in total. The van der Waals surface area contributed by atoms with E-state index in [0.29, 0.717) is 6.54 Å². The number of carboxylic acids is 1. The van der Waals surface area contributed by atoms with E-state index >= 15 is 0 Å². The Labute approximate surface area is 82.2 Å². The van der Waals surface area contributed by atoms with Gasteiger partial charge in [-0.2, -0.15) is 0 Å². The van der Waals surface area contributed by atoms with Crippen LogP contribution in [0.15, 0.2) is 24.3 Å². The molecule has 1 aromatic rings. The molecule has 0 saturated heterocycles. The molecular weight excluding hydrogens is 182 g/mol. The van der Waals surface area contributed by atoms with Crippen LogP contribution in [0.3, 0.4) is 0 Å². The number of aromatic carboxylic acids is 1. The molecule has 0 aliphatic rings. The summed E-state index contributed by atoms with van der Waals surface area (Å²) in [6.45, 7) is 1.55. The number of benzene rings is 1. The predicted octanol–water partition coefficient (Wildman–Crippen LogP) is -1.89. The van der Waals surface area contributed by atoms with E-state index in [0.717, 1.165) is 12.1 Å². The van der Waals surface area contributed by atoms with Gasteiger partial charge in [0, 0.05) is 5.56 Å². The Morgan fingerprint density at radius 1 is 1.36 bits per heavy atom. The van der Waals surface area contributed by atoms with Crippen molar-refractivity contribution in [2.45, 2.75) is 6.54 Å². The lowest BCUT2D eigenvalue weighted by atomic mass is 10.1. The van der Waals surface area contributed by atoms with Crippen LogP contribution in [0.25, 0.3) is 0 Å². The molecular formula is C10H13NO3. The van der Waals surface area contributed by atoms with Crippen LogP contribution in [0.5, 0.6) is 0 Å². The molecule has 0 heterocycles. The van der Waals surface area contributed by atoms with Crippen LogP contribution < -0.4 is 10.4 Å². The Morgan fingerprint density at radius 2 is 2.00 bits per heavy atom. The predicted molar refractivity (Wildman–Crippen MR) is 48.4 cm³/mol. The zero-order valence-corrected chi connectivity index (χ0v) is 7.77. The summed E-state index contributed by atoms with van der Waals surface area (Å²) in [4.78, 5) is 10.4. The van der Waals surface area contributed by atoms with Gasteiger partial charge in [0.15, 0.2) is 0 Å². The van der Waals surface area contributed by atoms with Crippen LogP contribution in [0.1, 0.15) is 15.9 Å². The van der Waals surface area contributed by atoms with Crippen molar-refractivity contribution in [3.05, 3.63) is 35.4 Å². The monoisotopic (exact) mass is 195 g/mol. The van der Waals surface area contributed by atoms with Crippen LogP contribution in [0, 0.1) is 0 Å². The molecule has 0 radical (unpaired) electrons. The maximum absolute atomic E-state index is 10.4. The fraction of sp³-hybridized carbons (Fsp3) is 0.300. The van der Waals surface area contributed by atoms with Crippen LogP contribution >= 0.6 is 0 Å². The molecule has 0 amide bonds. The molecule has 0 spiro atoms. The van der Waals surface area contributed by atoms with Crippen molar-refractivity contribution in [1.82, 2.24) is 0 Å². The Balaban J connectivity index is 2.51. The van der Waals surface area contributed by atoms with E-state index < -0.39 is 5.97 Å². The molecule has 76 valence electrons. The van der Waals surface area contributed by atoms with Crippen molar-refractivity contribution in [3.63, 3.8) is 0 Å². The van der Waals surface area contributed by atoms with Gasteiger partial charge < -0.3 is 20.3 Å². The van der Waals surface area contributed by atoms with Gasteiger partial charge in [-0.1, -0.05) is 24.3 Å². The van der Waals surface area contributed by atoms with Crippen molar-refractivity contribution >= 4 is 5.97 Å². The van der Waals surface area contributed by atoms with Gasteiger partial charge in [0.2, 0.25) is 0 Å². The molecule has 1 rings (SSSR count). The number of nitrogens with two attached hydrogens (primary N) is 1. The number of aliphatic hydroxyl groups excluding tert-OH is 1. The minimum atomic E-state index is -1.16. The highest BCUT2D eigenvalue weighted by Gasteiger charge is 1.96. The topological polar surface area (TPSA) is 77.0 Å². The normalized spacial score (nSPS) is 10.1. The first-order valence-corrected chi connectivity index (χ1v) is 4.47. The van der Waals surface area contributed by atoms with Gasteiger partial charge in [-0.15, -0.1) is 0 Å². The summed E-state index contributed by atoms with van der Waals surface area (Å²) in [5, 5.41) is 20.9. The molecule has 0 fully saturated rings. The summed E-state index contributed by atoms with van der Waals surface area (Å²) < 4.78 is 0. The smallest absolute Gasteiger partial charge is 0.101 e. The van der Waals surface area contributed by atoms with Crippen molar-refractivity contribution in [3.8, 4) is 0 Å². The van der Waals surface area contributed by atoms with Gasteiger partial charge in [0.1, 0.15) is 6.54 Å². The average molecular weight is 195 g/mol. The molecule has 4 heteroatoms. The van der Waals surface area contributed by atoms with Crippen LogP contribution in [-0.4, -0.2) is 24.2 Å². The first-order chi connectivity index (χ1) is 6.74. The second kappa shape index (κ2) is 5.36. The standard InChI is InChI=1S/C10H13NO3/c12-6-5-11-7-8-1-3-9(4-2-8)10(13)14/h1-4,11-12H,5-7H2,(H,13,14). The highest BCUT2D eigenvalue weighted by molar-refractivity contribution is 5.85. The summed E-state index contributed by atoms with van der Waals surface area (Å²) in [6, 6.07) is 6.55. The zero-order chi connectivity index (χ0) is 10.4. The van der Waals surface area contributed by atoms with Crippen LogP contribution in [-0.2, 0) is 6.54 Å². The highest BCUT2D eigenvalue weighted by Crippen LogP contribution is 2.01. The zero-order valence-electron chi connectivity index (χ0n) is 7.77. The molecule has 0 aliphatic carbocycles. The fourth-order valence-corrected chi connectivity index (χ4v) is 1.14. The molecule has 3 N–H and O–H groups in total. The first-order valence-electron chi connectivity index (χ1n) is 4.47. The van der Waals surface area contributed by atoms with Crippen molar-refractivity contribution < 1.29 is 20.3 Å². The number of carbonyl (C=O) groups is 1. The van der Waals surface area contributed by atoms with E-state index in [-0.39, 0.29) is 12.2 Å². The van der Waals surface area contributed by atoms with E-state index in [9.17, 15) is 9.90 Å².